The van der Waals surface area contributed by atoms with Crippen molar-refractivity contribution in [2.75, 3.05) is 6.61 Å². The zero-order valence-electron chi connectivity index (χ0n) is 20.6. The largest absolute Gasteiger partial charge is 0.454 e. The van der Waals surface area contributed by atoms with E-state index in [4.69, 9.17) is 9.72 Å². The Hall–Kier alpha value is -4.25. The van der Waals surface area contributed by atoms with Crippen LogP contribution in [0.4, 0.5) is 0 Å². The smallest absolute Gasteiger partial charge is 0.339 e. The lowest BCUT2D eigenvalue weighted by atomic mass is 10.0. The number of ketones is 1. The molecular weight excluding hydrogens is 448 g/mol. The number of aryl methyl sites for hydroxylation is 1. The van der Waals surface area contributed by atoms with Gasteiger partial charge in [-0.2, -0.15) is 0 Å². The second kappa shape index (κ2) is 9.78. The number of hydrogen-bond acceptors (Lipinski definition) is 4. The molecule has 0 atom stereocenters. The van der Waals surface area contributed by atoms with E-state index in [1.165, 1.54) is 0 Å². The SMILES string of the molecule is C=CCn1c(C)cc(C(=O)COC(=O)c2c3c(nc4ccccc24)C(=Cc2ccccc2)CC3)c1C. The summed E-state index contributed by atoms with van der Waals surface area (Å²) in [5, 5.41) is 0.749. The van der Waals surface area contributed by atoms with Gasteiger partial charge in [-0.25, -0.2) is 9.78 Å². The van der Waals surface area contributed by atoms with Crippen LogP contribution in [0.1, 0.15) is 55.3 Å². The number of fused-ring (bicyclic) bond motifs is 2. The summed E-state index contributed by atoms with van der Waals surface area (Å²) in [5.74, 6) is -0.703. The van der Waals surface area contributed by atoms with Crippen molar-refractivity contribution < 1.29 is 14.3 Å². The summed E-state index contributed by atoms with van der Waals surface area (Å²) in [6.45, 7) is 7.95. The van der Waals surface area contributed by atoms with Crippen LogP contribution in [-0.2, 0) is 17.7 Å². The number of pyridine rings is 1. The van der Waals surface area contributed by atoms with Crippen molar-refractivity contribution >= 4 is 34.3 Å². The number of para-hydroxylation sites is 1. The van der Waals surface area contributed by atoms with E-state index in [0.29, 0.717) is 24.1 Å². The number of aromatic nitrogens is 2. The van der Waals surface area contributed by atoms with Crippen LogP contribution in [-0.4, -0.2) is 27.9 Å². The summed E-state index contributed by atoms with van der Waals surface area (Å²) in [5.41, 5.74) is 7.56. The first kappa shape index (κ1) is 23.5. The maximum atomic E-state index is 13.4. The van der Waals surface area contributed by atoms with E-state index in [-0.39, 0.29) is 12.4 Å². The summed E-state index contributed by atoms with van der Waals surface area (Å²) in [6.07, 6.45) is 5.42. The summed E-state index contributed by atoms with van der Waals surface area (Å²) in [6, 6.07) is 19.6. The van der Waals surface area contributed by atoms with Crippen LogP contribution in [0.5, 0.6) is 0 Å². The number of esters is 1. The van der Waals surface area contributed by atoms with Gasteiger partial charge in [-0.3, -0.25) is 4.79 Å². The van der Waals surface area contributed by atoms with Gasteiger partial charge in [0, 0.05) is 28.9 Å². The molecule has 0 bridgehead atoms. The molecule has 5 rings (SSSR count). The number of carbonyl (C=O) groups excluding carboxylic acids is 2. The molecule has 0 amide bonds. The molecule has 2 aromatic heterocycles. The summed E-state index contributed by atoms with van der Waals surface area (Å²) in [7, 11) is 0. The Morgan fingerprint density at radius 3 is 2.58 bits per heavy atom. The molecule has 5 heteroatoms. The molecule has 0 saturated carbocycles. The van der Waals surface area contributed by atoms with Crippen molar-refractivity contribution in [3.8, 4) is 0 Å². The third-order valence-corrected chi connectivity index (χ3v) is 6.81. The Morgan fingerprint density at radius 2 is 1.81 bits per heavy atom. The third kappa shape index (κ3) is 4.29. The Balaban J connectivity index is 1.47. The Labute approximate surface area is 210 Å². The van der Waals surface area contributed by atoms with E-state index in [2.05, 4.69) is 24.8 Å². The van der Waals surface area contributed by atoms with Crippen LogP contribution in [0.25, 0.3) is 22.6 Å². The Kier molecular flexibility index (Phi) is 6.38. The van der Waals surface area contributed by atoms with Gasteiger partial charge >= 0.3 is 5.97 Å². The summed E-state index contributed by atoms with van der Waals surface area (Å²) < 4.78 is 7.65. The van der Waals surface area contributed by atoms with Crippen LogP contribution < -0.4 is 0 Å². The highest BCUT2D eigenvalue weighted by Gasteiger charge is 2.28. The van der Waals surface area contributed by atoms with Gasteiger partial charge in [-0.15, -0.1) is 6.58 Å². The van der Waals surface area contributed by atoms with E-state index in [1.807, 2.05) is 66.9 Å². The second-order valence-electron chi connectivity index (χ2n) is 9.09. The maximum absolute atomic E-state index is 13.4. The molecule has 0 fully saturated rings. The van der Waals surface area contributed by atoms with Crippen molar-refractivity contribution in [3.63, 3.8) is 0 Å². The first-order valence-corrected chi connectivity index (χ1v) is 12.1. The summed E-state index contributed by atoms with van der Waals surface area (Å²) >= 11 is 0. The average molecular weight is 477 g/mol. The predicted octanol–water partition coefficient (Wildman–Crippen LogP) is 6.37. The van der Waals surface area contributed by atoms with Crippen molar-refractivity contribution in [2.45, 2.75) is 33.2 Å². The quantitative estimate of drug-likeness (QED) is 0.177. The van der Waals surface area contributed by atoms with E-state index < -0.39 is 5.97 Å². The number of hydrogen-bond donors (Lipinski definition) is 0. The van der Waals surface area contributed by atoms with Gasteiger partial charge in [0.1, 0.15) is 0 Å². The molecule has 180 valence electrons. The van der Waals surface area contributed by atoms with Gasteiger partial charge in [0.05, 0.1) is 16.8 Å². The molecule has 36 heavy (non-hydrogen) atoms. The first-order valence-electron chi connectivity index (χ1n) is 12.1. The molecule has 0 saturated heterocycles. The Morgan fingerprint density at radius 1 is 1.06 bits per heavy atom. The average Bonchev–Trinajstić information content (AvgIpc) is 3.41. The molecule has 1 aliphatic carbocycles. The molecule has 0 aliphatic heterocycles. The van der Waals surface area contributed by atoms with Crippen LogP contribution in [0, 0.1) is 13.8 Å². The highest BCUT2D eigenvalue weighted by Crippen LogP contribution is 2.37. The minimum absolute atomic E-state index is 0.216. The normalized spacial score (nSPS) is 13.7. The van der Waals surface area contributed by atoms with Gasteiger partial charge in [0.2, 0.25) is 5.78 Å². The lowest BCUT2D eigenvalue weighted by Gasteiger charge is -2.12. The monoisotopic (exact) mass is 476 g/mol. The van der Waals surface area contributed by atoms with Gasteiger partial charge in [-0.05, 0) is 61.6 Å². The molecule has 2 heterocycles. The highest BCUT2D eigenvalue weighted by molar-refractivity contribution is 6.08. The van der Waals surface area contributed by atoms with E-state index in [1.54, 1.807) is 6.08 Å². The minimum Gasteiger partial charge on any atom is -0.454 e. The number of allylic oxidation sites excluding steroid dienone is 2. The fraction of sp³-hybridized carbons (Fsp3) is 0.194. The molecule has 4 aromatic rings. The standard InChI is InChI=1S/C31H28N2O3/c1-4-16-33-20(2)17-26(21(33)3)28(34)19-36-31(35)29-24-12-8-9-13-27(24)32-30-23(14-15-25(29)30)18-22-10-6-5-7-11-22/h4-13,17-18H,1,14-16,19H2,2-3H3. The molecule has 2 aromatic carbocycles. The van der Waals surface area contributed by atoms with Crippen LogP contribution >= 0.6 is 0 Å². The van der Waals surface area contributed by atoms with Gasteiger partial charge in [0.15, 0.2) is 6.61 Å². The number of rotatable bonds is 7. The number of benzene rings is 2. The van der Waals surface area contributed by atoms with Crippen LogP contribution in [0.15, 0.2) is 73.3 Å². The Bertz CT molecular complexity index is 1530. The van der Waals surface area contributed by atoms with Crippen molar-refractivity contribution in [2.24, 2.45) is 0 Å². The lowest BCUT2D eigenvalue weighted by Crippen LogP contribution is -2.17. The number of Topliss-reactive ketones (excluding diaryl/α,β-unsaturated/α-hetero) is 1. The number of nitrogens with zero attached hydrogens (tertiary/aromatic N) is 2. The number of ether oxygens (including phenoxy) is 1. The van der Waals surface area contributed by atoms with E-state index >= 15 is 0 Å². The molecule has 0 radical (unpaired) electrons. The fourth-order valence-electron chi connectivity index (χ4n) is 5.04. The number of carbonyl (C=O) groups is 2. The fourth-order valence-corrected chi connectivity index (χ4v) is 5.04. The van der Waals surface area contributed by atoms with E-state index in [0.717, 1.165) is 51.1 Å². The van der Waals surface area contributed by atoms with E-state index in [9.17, 15) is 9.59 Å². The maximum Gasteiger partial charge on any atom is 0.339 e. The first-order chi connectivity index (χ1) is 17.5. The van der Waals surface area contributed by atoms with Gasteiger partial charge in [0.25, 0.3) is 0 Å². The third-order valence-electron chi connectivity index (χ3n) is 6.81. The highest BCUT2D eigenvalue weighted by atomic mass is 16.5. The molecule has 0 N–H and O–H groups in total. The van der Waals surface area contributed by atoms with Gasteiger partial charge < -0.3 is 9.30 Å². The van der Waals surface area contributed by atoms with Crippen molar-refractivity contribution in [1.29, 1.82) is 0 Å². The second-order valence-corrected chi connectivity index (χ2v) is 9.09. The zero-order valence-corrected chi connectivity index (χ0v) is 20.6. The molecule has 0 spiro atoms. The predicted molar refractivity (Wildman–Crippen MR) is 143 cm³/mol. The molecule has 0 unspecified atom stereocenters. The molecular formula is C31H28N2O3. The minimum atomic E-state index is -0.487. The topological polar surface area (TPSA) is 61.2 Å². The molecule has 5 nitrogen and oxygen atoms in total. The molecule has 1 aliphatic rings. The van der Waals surface area contributed by atoms with Crippen molar-refractivity contribution in [1.82, 2.24) is 9.55 Å². The zero-order chi connectivity index (χ0) is 25.2. The van der Waals surface area contributed by atoms with Crippen LogP contribution in [0.3, 0.4) is 0 Å². The van der Waals surface area contributed by atoms with Crippen LogP contribution in [0.2, 0.25) is 0 Å². The lowest BCUT2D eigenvalue weighted by molar-refractivity contribution is 0.0475. The van der Waals surface area contributed by atoms with Crippen molar-refractivity contribution in [3.05, 3.63) is 113 Å². The van der Waals surface area contributed by atoms with Gasteiger partial charge in [-0.1, -0.05) is 54.6 Å². The summed E-state index contributed by atoms with van der Waals surface area (Å²) in [4.78, 5) is 31.3.